The highest BCUT2D eigenvalue weighted by molar-refractivity contribution is 7.99. The molecule has 0 aliphatic heterocycles. The molecule has 48 heavy (non-hydrogen) atoms. The number of benzene rings is 5. The van der Waals surface area contributed by atoms with Gasteiger partial charge in [0.25, 0.3) is 0 Å². The molecular weight excluding hydrogens is 641 g/mol. The van der Waals surface area contributed by atoms with Crippen molar-refractivity contribution < 1.29 is 29.5 Å². The van der Waals surface area contributed by atoms with E-state index in [-0.39, 0.29) is 58.8 Å². The standard InChI is InChI=1S/C29H29O4S2.C9H12O2.2CH4/c1-22-2-8-25(9-3-22)34-26-10-16-29(17-11-26)35(27-12-4-23(5-13-27)32-20-18-30)28-14-6-24(7-15-28)33-21-19-31;1-8-2-4-9(5-3-8)11-7-6-10;;/h2-17,30-31H,18-21H2,1H3;2-5,10H,6-7H2,1H3;2*1H4/q+1;;;. The molecule has 0 saturated heterocycles. The lowest BCUT2D eigenvalue weighted by Crippen LogP contribution is -2.06. The second-order valence-corrected chi connectivity index (χ2v) is 13.3. The molecule has 0 atom stereocenters. The molecule has 0 amide bonds. The van der Waals surface area contributed by atoms with Crippen molar-refractivity contribution in [1.29, 1.82) is 0 Å². The van der Waals surface area contributed by atoms with E-state index in [1.54, 1.807) is 11.8 Å². The van der Waals surface area contributed by atoms with Gasteiger partial charge in [0.2, 0.25) is 0 Å². The van der Waals surface area contributed by atoms with E-state index >= 15 is 0 Å². The van der Waals surface area contributed by atoms with Crippen molar-refractivity contribution in [3.05, 3.63) is 132 Å². The highest BCUT2D eigenvalue weighted by Gasteiger charge is 2.29. The third kappa shape index (κ3) is 12.9. The molecule has 0 bridgehead atoms. The van der Waals surface area contributed by atoms with Crippen molar-refractivity contribution in [2.24, 2.45) is 0 Å². The van der Waals surface area contributed by atoms with Crippen molar-refractivity contribution in [2.45, 2.75) is 53.2 Å². The van der Waals surface area contributed by atoms with Gasteiger partial charge in [0, 0.05) is 9.79 Å². The van der Waals surface area contributed by atoms with Gasteiger partial charge >= 0.3 is 0 Å². The first-order valence-electron chi connectivity index (χ1n) is 15.1. The zero-order valence-corrected chi connectivity index (χ0v) is 27.8. The monoisotopic (exact) mass is 689 g/mol. The summed E-state index contributed by atoms with van der Waals surface area (Å²) in [5.74, 6) is 2.29. The highest BCUT2D eigenvalue weighted by Crippen LogP contribution is 2.35. The van der Waals surface area contributed by atoms with Gasteiger partial charge in [-0.25, -0.2) is 0 Å². The minimum Gasteiger partial charge on any atom is -0.491 e. The second kappa shape index (κ2) is 21.9. The van der Waals surface area contributed by atoms with Gasteiger partial charge in [-0.15, -0.1) is 0 Å². The molecular formula is C40H49O6S2+. The minimum absolute atomic E-state index is 0. The Balaban J connectivity index is 0.000000526. The molecule has 6 nitrogen and oxygen atoms in total. The van der Waals surface area contributed by atoms with E-state index in [2.05, 4.69) is 79.7 Å². The summed E-state index contributed by atoms with van der Waals surface area (Å²) in [5.41, 5.74) is 2.47. The van der Waals surface area contributed by atoms with Crippen LogP contribution in [-0.4, -0.2) is 55.0 Å². The normalized spacial score (nSPS) is 10.2. The van der Waals surface area contributed by atoms with Crippen LogP contribution in [0.25, 0.3) is 0 Å². The first-order valence-corrected chi connectivity index (χ1v) is 17.1. The molecule has 5 aromatic rings. The molecule has 5 aromatic carbocycles. The van der Waals surface area contributed by atoms with Crippen LogP contribution in [0.2, 0.25) is 0 Å². The van der Waals surface area contributed by atoms with E-state index in [0.717, 1.165) is 17.2 Å². The predicted molar refractivity (Wildman–Crippen MR) is 199 cm³/mol. The molecule has 0 unspecified atom stereocenters. The third-order valence-electron chi connectivity index (χ3n) is 6.54. The molecule has 0 saturated carbocycles. The fourth-order valence-electron chi connectivity index (χ4n) is 4.26. The van der Waals surface area contributed by atoms with E-state index < -0.39 is 0 Å². The maximum absolute atomic E-state index is 9.02. The molecule has 0 aliphatic carbocycles. The van der Waals surface area contributed by atoms with E-state index in [1.807, 2.05) is 55.5 Å². The Labute approximate surface area is 293 Å². The van der Waals surface area contributed by atoms with E-state index in [9.17, 15) is 0 Å². The van der Waals surface area contributed by atoms with Crippen molar-refractivity contribution in [3.8, 4) is 17.2 Å². The number of rotatable bonds is 14. The summed E-state index contributed by atoms with van der Waals surface area (Å²) in [6.07, 6.45) is 0. The highest BCUT2D eigenvalue weighted by atomic mass is 32.2. The summed E-state index contributed by atoms with van der Waals surface area (Å²) < 4.78 is 16.3. The average Bonchev–Trinajstić information content (AvgIpc) is 3.09. The number of ether oxygens (including phenoxy) is 3. The van der Waals surface area contributed by atoms with Gasteiger partial charge in [0.05, 0.1) is 30.7 Å². The number of hydrogen-bond donors (Lipinski definition) is 3. The maximum atomic E-state index is 9.02. The van der Waals surface area contributed by atoms with Crippen molar-refractivity contribution in [2.75, 3.05) is 39.6 Å². The average molecular weight is 690 g/mol. The van der Waals surface area contributed by atoms with Crippen molar-refractivity contribution >= 4 is 22.7 Å². The van der Waals surface area contributed by atoms with Gasteiger partial charge in [0.1, 0.15) is 37.1 Å². The zero-order chi connectivity index (χ0) is 32.6. The Morgan fingerprint density at radius 3 is 1.04 bits per heavy atom. The zero-order valence-electron chi connectivity index (χ0n) is 26.2. The Kier molecular flexibility index (Phi) is 18.3. The molecule has 0 heterocycles. The van der Waals surface area contributed by atoms with Crippen molar-refractivity contribution in [3.63, 3.8) is 0 Å². The molecule has 5 rings (SSSR count). The van der Waals surface area contributed by atoms with Crippen LogP contribution in [0.4, 0.5) is 0 Å². The molecule has 3 N–H and O–H groups in total. The number of aliphatic hydroxyl groups excluding tert-OH is 3. The number of aryl methyl sites for hydroxylation is 2. The summed E-state index contributed by atoms with van der Waals surface area (Å²) in [4.78, 5) is 5.97. The second-order valence-electron chi connectivity index (χ2n) is 10.2. The molecule has 0 fully saturated rings. The number of hydrogen-bond acceptors (Lipinski definition) is 7. The maximum Gasteiger partial charge on any atom is 0.166 e. The fraction of sp³-hybridized carbons (Fsp3) is 0.250. The van der Waals surface area contributed by atoms with Crippen LogP contribution in [0.1, 0.15) is 26.0 Å². The van der Waals surface area contributed by atoms with Gasteiger partial charge in [-0.1, -0.05) is 62.0 Å². The van der Waals surface area contributed by atoms with Crippen LogP contribution in [0.3, 0.4) is 0 Å². The van der Waals surface area contributed by atoms with Crippen LogP contribution in [-0.2, 0) is 10.9 Å². The van der Waals surface area contributed by atoms with Crippen molar-refractivity contribution in [1.82, 2.24) is 0 Å². The molecule has 0 aromatic heterocycles. The van der Waals surface area contributed by atoms with Gasteiger partial charge < -0.3 is 29.5 Å². The minimum atomic E-state index is -0.320. The van der Waals surface area contributed by atoms with E-state index in [4.69, 9.17) is 29.5 Å². The van der Waals surface area contributed by atoms with Gasteiger partial charge in [-0.05, 0) is 111 Å². The molecule has 0 radical (unpaired) electrons. The van der Waals surface area contributed by atoms with Gasteiger partial charge in [-0.3, -0.25) is 0 Å². The van der Waals surface area contributed by atoms with Crippen LogP contribution in [0, 0.1) is 13.8 Å². The third-order valence-corrected chi connectivity index (χ3v) is 9.78. The van der Waals surface area contributed by atoms with Crippen LogP contribution >= 0.6 is 11.8 Å². The number of aliphatic hydroxyl groups is 3. The van der Waals surface area contributed by atoms with Crippen LogP contribution in [0.15, 0.2) is 146 Å². The SMILES string of the molecule is C.C.Cc1ccc(OCCO)cc1.Cc1ccc(Sc2ccc([S+](c3ccc(OCCO)cc3)c3ccc(OCCO)cc3)cc2)cc1. The topological polar surface area (TPSA) is 88.4 Å². The Morgan fingerprint density at radius 1 is 0.438 bits per heavy atom. The fourth-order valence-corrected chi connectivity index (χ4v) is 7.12. The summed E-state index contributed by atoms with van der Waals surface area (Å²) >= 11 is 1.76. The van der Waals surface area contributed by atoms with Gasteiger partial charge in [0.15, 0.2) is 14.7 Å². The first-order chi connectivity index (χ1) is 22.5. The largest absolute Gasteiger partial charge is 0.491 e. The Hall–Kier alpha value is -3.92. The lowest BCUT2D eigenvalue weighted by molar-refractivity contribution is 0.201. The van der Waals surface area contributed by atoms with E-state index in [0.29, 0.717) is 6.61 Å². The summed E-state index contributed by atoms with van der Waals surface area (Å²) in [5, 5.41) is 26.5. The molecule has 8 heteroatoms. The lowest BCUT2D eigenvalue weighted by Gasteiger charge is -2.11. The van der Waals surface area contributed by atoms with E-state index in [1.165, 1.54) is 35.6 Å². The quantitative estimate of drug-likeness (QED) is 0.101. The summed E-state index contributed by atoms with van der Waals surface area (Å²) in [7, 11) is -0.320. The van der Waals surface area contributed by atoms with Gasteiger partial charge in [-0.2, -0.15) is 0 Å². The molecule has 256 valence electrons. The first kappa shape index (κ1) is 40.3. The smallest absolute Gasteiger partial charge is 0.166 e. The van der Waals surface area contributed by atoms with Crippen LogP contribution < -0.4 is 14.2 Å². The molecule has 0 aliphatic rings. The Bertz CT molecular complexity index is 1510. The summed E-state index contributed by atoms with van der Waals surface area (Å²) in [6, 6.07) is 41.2. The summed E-state index contributed by atoms with van der Waals surface area (Å²) in [6.45, 7) is 5.09. The van der Waals surface area contributed by atoms with Crippen LogP contribution in [0.5, 0.6) is 17.2 Å². The Morgan fingerprint density at radius 2 is 0.708 bits per heavy atom. The lowest BCUT2D eigenvalue weighted by atomic mass is 10.2. The predicted octanol–water partition coefficient (Wildman–Crippen LogP) is 8.62. The molecule has 0 spiro atoms.